The van der Waals surface area contributed by atoms with Gasteiger partial charge < -0.3 is 0 Å². The predicted octanol–water partition coefficient (Wildman–Crippen LogP) is 1.73. The van der Waals surface area contributed by atoms with Crippen LogP contribution in [0.15, 0.2) is 0 Å². The second-order valence-electron chi connectivity index (χ2n) is 3.29. The Morgan fingerprint density at radius 2 is 2.23 bits per heavy atom. The maximum atomic E-state index is 11.1. The van der Waals surface area contributed by atoms with E-state index in [9.17, 15) is 4.79 Å². The van der Waals surface area contributed by atoms with Crippen LogP contribution in [0.2, 0.25) is 0 Å². The Labute approximate surface area is 83.6 Å². The third-order valence-corrected chi connectivity index (χ3v) is 2.79. The Hall–Kier alpha value is -0.220. The minimum Gasteiger partial charge on any atom is -0.273 e. The maximum Gasteiger partial charge on any atom is 0.244 e. The van der Waals surface area contributed by atoms with E-state index in [2.05, 4.69) is 5.48 Å². The average Bonchev–Trinajstić information content (AvgIpc) is 2.64. The summed E-state index contributed by atoms with van der Waals surface area (Å²) >= 11 is 1.67. The number of nitrogens with one attached hydrogen (secondary N) is 1. The van der Waals surface area contributed by atoms with E-state index in [4.69, 9.17) is 4.84 Å². The van der Waals surface area contributed by atoms with Crippen molar-refractivity contribution in [3.05, 3.63) is 0 Å². The molecule has 1 amide bonds. The number of carbonyl (C=O) groups excluding carboxylic acids is 1. The molecule has 1 aliphatic rings. The Kier molecular flexibility index (Phi) is 5.23. The van der Waals surface area contributed by atoms with Gasteiger partial charge in [-0.25, -0.2) is 5.48 Å². The lowest BCUT2D eigenvalue weighted by atomic mass is 10.3. The van der Waals surface area contributed by atoms with Crippen LogP contribution in [0.25, 0.3) is 0 Å². The molecule has 76 valence electrons. The quantitative estimate of drug-likeness (QED) is 0.692. The first kappa shape index (κ1) is 10.9. The van der Waals surface area contributed by atoms with E-state index >= 15 is 0 Å². The van der Waals surface area contributed by atoms with Gasteiger partial charge in [-0.3, -0.25) is 9.63 Å². The summed E-state index contributed by atoms with van der Waals surface area (Å²) in [4.78, 5) is 16.4. The van der Waals surface area contributed by atoms with Crippen LogP contribution < -0.4 is 5.48 Å². The molecule has 13 heavy (non-hydrogen) atoms. The smallest absolute Gasteiger partial charge is 0.244 e. The molecule has 0 aromatic heterocycles. The average molecular weight is 203 g/mol. The van der Waals surface area contributed by atoms with Crippen LogP contribution in [0.3, 0.4) is 0 Å². The van der Waals surface area contributed by atoms with Crippen molar-refractivity contribution in [1.29, 1.82) is 0 Å². The summed E-state index contributed by atoms with van der Waals surface area (Å²) in [5.74, 6) is 0.862. The number of carbonyl (C=O) groups is 1. The van der Waals surface area contributed by atoms with Gasteiger partial charge >= 0.3 is 0 Å². The number of amides is 1. The molecule has 0 radical (unpaired) electrons. The Balaban J connectivity index is 2.00. The van der Waals surface area contributed by atoms with Gasteiger partial charge in [-0.15, -0.1) is 0 Å². The van der Waals surface area contributed by atoms with Crippen molar-refractivity contribution in [2.45, 2.75) is 38.2 Å². The highest BCUT2D eigenvalue weighted by atomic mass is 32.2. The summed E-state index contributed by atoms with van der Waals surface area (Å²) in [6.07, 6.45) is 7.43. The molecule has 1 fully saturated rings. The van der Waals surface area contributed by atoms with E-state index in [1.807, 2.05) is 6.26 Å². The van der Waals surface area contributed by atoms with Gasteiger partial charge in [0.15, 0.2) is 0 Å². The minimum atomic E-state index is 0.00116. The van der Waals surface area contributed by atoms with Gasteiger partial charge in [-0.1, -0.05) is 12.8 Å². The molecular weight excluding hydrogens is 186 g/mol. The van der Waals surface area contributed by atoms with E-state index in [0.717, 1.165) is 18.6 Å². The second kappa shape index (κ2) is 6.27. The van der Waals surface area contributed by atoms with Gasteiger partial charge in [0.05, 0.1) is 6.10 Å². The number of thioether (sulfide) groups is 1. The van der Waals surface area contributed by atoms with Gasteiger partial charge in [0.25, 0.3) is 0 Å². The lowest BCUT2D eigenvalue weighted by Gasteiger charge is -2.10. The molecule has 4 heteroatoms. The Morgan fingerprint density at radius 1 is 1.54 bits per heavy atom. The third-order valence-electron chi connectivity index (χ3n) is 2.17. The summed E-state index contributed by atoms with van der Waals surface area (Å²) < 4.78 is 0. The zero-order valence-electron chi connectivity index (χ0n) is 8.04. The number of hydrogen-bond acceptors (Lipinski definition) is 3. The normalized spacial score (nSPS) is 17.6. The molecule has 1 rings (SSSR count). The first-order chi connectivity index (χ1) is 6.33. The highest BCUT2D eigenvalue weighted by Crippen LogP contribution is 2.19. The van der Waals surface area contributed by atoms with Crippen LogP contribution in [-0.4, -0.2) is 24.0 Å². The first-order valence-corrected chi connectivity index (χ1v) is 6.15. The van der Waals surface area contributed by atoms with Gasteiger partial charge in [0.2, 0.25) is 5.91 Å². The van der Waals surface area contributed by atoms with E-state index in [1.54, 1.807) is 11.8 Å². The summed E-state index contributed by atoms with van der Waals surface area (Å²) in [5.41, 5.74) is 2.51. The molecule has 1 N–H and O–H groups in total. The summed E-state index contributed by atoms with van der Waals surface area (Å²) in [6.45, 7) is 0. The zero-order valence-corrected chi connectivity index (χ0v) is 8.86. The first-order valence-electron chi connectivity index (χ1n) is 4.76. The zero-order chi connectivity index (χ0) is 9.52. The molecule has 0 aromatic carbocycles. The van der Waals surface area contributed by atoms with Crippen LogP contribution >= 0.6 is 11.8 Å². The highest BCUT2D eigenvalue weighted by Gasteiger charge is 2.16. The maximum absolute atomic E-state index is 11.1. The summed E-state index contributed by atoms with van der Waals surface area (Å²) in [7, 11) is 0. The molecular formula is C9H17NO2S. The Morgan fingerprint density at radius 3 is 2.85 bits per heavy atom. The molecule has 0 heterocycles. The topological polar surface area (TPSA) is 38.3 Å². The number of hydrogen-bond donors (Lipinski definition) is 1. The van der Waals surface area contributed by atoms with Gasteiger partial charge in [-0.05, 0) is 19.1 Å². The molecule has 1 saturated carbocycles. The van der Waals surface area contributed by atoms with Crippen molar-refractivity contribution in [1.82, 2.24) is 5.48 Å². The van der Waals surface area contributed by atoms with Crippen LogP contribution in [-0.2, 0) is 9.63 Å². The lowest BCUT2D eigenvalue weighted by Crippen LogP contribution is -2.28. The fourth-order valence-electron chi connectivity index (χ4n) is 1.40. The van der Waals surface area contributed by atoms with Crippen molar-refractivity contribution in [3.63, 3.8) is 0 Å². The molecule has 0 aliphatic heterocycles. The minimum absolute atomic E-state index is 0.00116. The largest absolute Gasteiger partial charge is 0.273 e. The molecule has 0 saturated heterocycles. The van der Waals surface area contributed by atoms with Crippen LogP contribution in [0.5, 0.6) is 0 Å². The van der Waals surface area contributed by atoms with Crippen LogP contribution in [0, 0.1) is 0 Å². The molecule has 1 aliphatic carbocycles. The molecule has 0 atom stereocenters. The fraction of sp³-hybridized carbons (Fsp3) is 0.889. The van der Waals surface area contributed by atoms with Crippen molar-refractivity contribution in [2.75, 3.05) is 12.0 Å². The third kappa shape index (κ3) is 4.52. The van der Waals surface area contributed by atoms with Gasteiger partial charge in [0, 0.05) is 12.2 Å². The van der Waals surface area contributed by atoms with Crippen molar-refractivity contribution < 1.29 is 9.63 Å². The summed E-state index contributed by atoms with van der Waals surface area (Å²) in [6, 6.07) is 0. The van der Waals surface area contributed by atoms with Gasteiger partial charge in [-0.2, -0.15) is 11.8 Å². The number of rotatable bonds is 5. The predicted molar refractivity (Wildman–Crippen MR) is 54.5 cm³/mol. The summed E-state index contributed by atoms with van der Waals surface area (Å²) in [5, 5.41) is 0. The highest BCUT2D eigenvalue weighted by molar-refractivity contribution is 7.98. The van der Waals surface area contributed by atoms with Crippen LogP contribution in [0.4, 0.5) is 0 Å². The Bertz CT molecular complexity index is 158. The van der Waals surface area contributed by atoms with E-state index < -0.39 is 0 Å². The molecule has 0 bridgehead atoms. The van der Waals surface area contributed by atoms with Crippen molar-refractivity contribution in [2.24, 2.45) is 0 Å². The van der Waals surface area contributed by atoms with Gasteiger partial charge in [0.1, 0.15) is 0 Å². The van der Waals surface area contributed by atoms with E-state index in [1.165, 1.54) is 12.8 Å². The molecule has 3 nitrogen and oxygen atoms in total. The SMILES string of the molecule is CSCCC(=O)NOC1CCCC1. The number of hydroxylamine groups is 1. The van der Waals surface area contributed by atoms with E-state index in [-0.39, 0.29) is 12.0 Å². The molecule has 0 unspecified atom stereocenters. The lowest BCUT2D eigenvalue weighted by molar-refractivity contribution is -0.137. The monoisotopic (exact) mass is 203 g/mol. The second-order valence-corrected chi connectivity index (χ2v) is 4.28. The van der Waals surface area contributed by atoms with Crippen molar-refractivity contribution in [3.8, 4) is 0 Å². The van der Waals surface area contributed by atoms with Crippen molar-refractivity contribution >= 4 is 17.7 Å². The molecule has 0 aromatic rings. The van der Waals surface area contributed by atoms with E-state index in [0.29, 0.717) is 6.42 Å². The van der Waals surface area contributed by atoms with Crippen LogP contribution in [0.1, 0.15) is 32.1 Å². The standard InChI is InChI=1S/C9H17NO2S/c1-13-7-6-9(11)10-12-8-4-2-3-5-8/h8H,2-7H2,1H3,(H,10,11). The fourth-order valence-corrected chi connectivity index (χ4v) is 1.79. The molecule has 0 spiro atoms.